The van der Waals surface area contributed by atoms with Gasteiger partial charge in [0.1, 0.15) is 37.4 Å². The molecule has 36 heteroatoms. The monoisotopic (exact) mass is 1710 g/mol. The number of hydrogen-bond acceptors (Lipinski definition) is 24. The fourth-order valence-electron chi connectivity index (χ4n) is 14.4. The molecule has 0 aromatic heterocycles. The normalized spacial score (nSPS) is 18.3. The Morgan fingerprint density at radius 1 is 0.496 bits per heavy atom. The number of aliphatic hydroxyl groups is 2. The van der Waals surface area contributed by atoms with Gasteiger partial charge in [0.2, 0.25) is 53.2 Å². The van der Waals surface area contributed by atoms with Crippen molar-refractivity contribution in [3.05, 3.63) is 119 Å². The predicted octanol–water partition coefficient (Wildman–Crippen LogP) is 7.07. The van der Waals surface area contributed by atoms with E-state index < -0.39 is 108 Å². The number of carbonyl (C=O) groups excluding carboxylic acids is 13. The van der Waals surface area contributed by atoms with Crippen LogP contribution >= 0.6 is 0 Å². The van der Waals surface area contributed by atoms with Crippen LogP contribution in [0.15, 0.2) is 96.3 Å². The molecule has 9 N–H and O–H groups in total. The number of anilines is 4. The maximum atomic E-state index is 14.4. The van der Waals surface area contributed by atoms with Crippen molar-refractivity contribution >= 4 is 99.9 Å². The van der Waals surface area contributed by atoms with Gasteiger partial charge in [0.15, 0.2) is 35.5 Å². The molecule has 4 aromatic rings. The zero-order chi connectivity index (χ0) is 89.7. The highest BCUT2D eigenvalue weighted by Crippen LogP contribution is 2.45. The first kappa shape index (κ1) is 95.1. The van der Waals surface area contributed by atoms with Crippen LogP contribution in [0.2, 0.25) is 0 Å². The molecule has 9 rings (SSSR count). The van der Waals surface area contributed by atoms with Crippen molar-refractivity contribution in [3.63, 3.8) is 0 Å². The number of unbranched alkanes of at least 4 members (excludes halogenated alkanes) is 2. The van der Waals surface area contributed by atoms with E-state index in [-0.39, 0.29) is 184 Å². The molecule has 0 bridgehead atoms. The first-order valence-corrected chi connectivity index (χ1v) is 41.2. The minimum absolute atomic E-state index is 0.00467. The second-order valence-corrected chi connectivity index (χ2v) is 32.6. The zero-order valence-corrected chi connectivity index (χ0v) is 72.2. The minimum atomic E-state index is -1.60. The van der Waals surface area contributed by atoms with E-state index in [1.807, 2.05) is 20.8 Å². The van der Waals surface area contributed by atoms with Crippen LogP contribution in [0.4, 0.5) is 32.3 Å². The Kier molecular flexibility index (Phi) is 33.9. The van der Waals surface area contributed by atoms with Crippen LogP contribution in [0.5, 0.6) is 23.0 Å². The third-order valence-electron chi connectivity index (χ3n) is 21.4. The first-order chi connectivity index (χ1) is 58.5. The molecule has 1 saturated heterocycles. The molecule has 123 heavy (non-hydrogen) atoms. The summed E-state index contributed by atoms with van der Waals surface area (Å²) in [7, 11) is 4.33. The van der Waals surface area contributed by atoms with Crippen molar-refractivity contribution in [2.75, 3.05) is 101 Å². The van der Waals surface area contributed by atoms with Crippen LogP contribution in [-0.2, 0) is 80.0 Å². The Hall–Kier alpha value is -11.7. The molecule has 0 radical (unpaired) electrons. The lowest BCUT2D eigenvalue weighted by Crippen LogP contribution is -2.53. The van der Waals surface area contributed by atoms with Crippen molar-refractivity contribution < 1.29 is 115 Å². The van der Waals surface area contributed by atoms with Crippen LogP contribution in [0, 0.1) is 23.2 Å². The SMILES string of the molecule is COCCOCCC(=O)N[C@H](C(=O)N[C@@H](C)C(=O)Nc1ccc(COC(=O)N2c3cc(OCCCCCOc4cc5c(cc4OC)C(=O)N4C=C(C)C[C@H]4[C@H](O)N5C(=O)OCc4ccc(NC(=O)[C@H](C)NC(=O)[C@@H](NC(=O)CCOCCNC(=O)CCN5C(=O)CC(C(C)(C)C)C5=O)C(C)C)cc4)c(OC)cc3C(=O)N3C=C(C)C[C@H]3[C@@H]2O)cc1)C(C)C. The number of ether oxygens (including phenoxy) is 9. The molecular formula is C87H116N12O24. The average Bonchev–Trinajstić information content (AvgIpc) is 1.61. The fourth-order valence-corrected chi connectivity index (χ4v) is 14.4. The third-order valence-corrected chi connectivity index (χ3v) is 21.4. The Bertz CT molecular complexity index is 4560. The number of hydrogen-bond donors (Lipinski definition) is 9. The molecule has 0 saturated carbocycles. The second-order valence-electron chi connectivity index (χ2n) is 32.6. The molecule has 1 unspecified atom stereocenters. The Labute approximate surface area is 715 Å². The number of benzene rings is 4. The maximum Gasteiger partial charge on any atom is 0.416 e. The summed E-state index contributed by atoms with van der Waals surface area (Å²) in [6.07, 6.45) is -0.0677. The van der Waals surface area contributed by atoms with Crippen LogP contribution in [-0.4, -0.2) is 231 Å². The molecule has 5 heterocycles. The number of nitrogens with zero attached hydrogens (tertiary/aromatic N) is 5. The quantitative estimate of drug-likeness (QED) is 0.0158. The lowest BCUT2D eigenvalue weighted by Gasteiger charge is -2.31. The lowest BCUT2D eigenvalue weighted by molar-refractivity contribution is -0.141. The van der Waals surface area contributed by atoms with Crippen molar-refractivity contribution in [2.24, 2.45) is 23.2 Å². The van der Waals surface area contributed by atoms with E-state index in [0.29, 0.717) is 55.0 Å². The van der Waals surface area contributed by atoms with Gasteiger partial charge in [-0.2, -0.15) is 0 Å². The number of carbonyl (C=O) groups is 13. The molecule has 5 aliphatic rings. The highest BCUT2D eigenvalue weighted by Gasteiger charge is 2.49. The largest absolute Gasteiger partial charge is 0.493 e. The van der Waals surface area contributed by atoms with E-state index in [4.69, 9.17) is 42.6 Å². The average molecular weight is 1710 g/mol. The van der Waals surface area contributed by atoms with Gasteiger partial charge in [0, 0.05) is 81.8 Å². The van der Waals surface area contributed by atoms with Gasteiger partial charge >= 0.3 is 12.2 Å². The Balaban J connectivity index is 0.749. The summed E-state index contributed by atoms with van der Waals surface area (Å²) in [5.74, 6) is -5.62. The number of likely N-dealkylation sites (tertiary alicyclic amines) is 1. The molecular weight excluding hydrogens is 1600 g/mol. The van der Waals surface area contributed by atoms with E-state index in [1.54, 1.807) is 102 Å². The van der Waals surface area contributed by atoms with E-state index in [9.17, 15) is 72.5 Å². The number of fused-ring (bicyclic) bond motifs is 4. The summed E-state index contributed by atoms with van der Waals surface area (Å²) in [5, 5.41) is 43.1. The van der Waals surface area contributed by atoms with Gasteiger partial charge in [-0.1, -0.05) is 83.9 Å². The zero-order valence-electron chi connectivity index (χ0n) is 72.2. The summed E-state index contributed by atoms with van der Waals surface area (Å²) in [6.45, 7) is 19.8. The predicted molar refractivity (Wildman–Crippen MR) is 448 cm³/mol. The topological polar surface area (TPSA) is 446 Å². The highest BCUT2D eigenvalue weighted by atomic mass is 16.6. The second kappa shape index (κ2) is 43.9. The van der Waals surface area contributed by atoms with E-state index >= 15 is 0 Å². The summed E-state index contributed by atoms with van der Waals surface area (Å²) in [6, 6.07) is 12.7. The smallest absolute Gasteiger partial charge is 0.416 e. The molecule has 0 aliphatic carbocycles. The summed E-state index contributed by atoms with van der Waals surface area (Å²) < 4.78 is 51.6. The van der Waals surface area contributed by atoms with Gasteiger partial charge in [0.05, 0.1) is 101 Å². The molecule has 5 aliphatic heterocycles. The first-order valence-electron chi connectivity index (χ1n) is 41.2. The maximum absolute atomic E-state index is 14.4. The Morgan fingerprint density at radius 2 is 0.927 bits per heavy atom. The third kappa shape index (κ3) is 25.0. The van der Waals surface area contributed by atoms with Crippen LogP contribution in [0.3, 0.4) is 0 Å². The van der Waals surface area contributed by atoms with Gasteiger partial charge in [-0.15, -0.1) is 0 Å². The van der Waals surface area contributed by atoms with Gasteiger partial charge in [0.25, 0.3) is 11.8 Å². The summed E-state index contributed by atoms with van der Waals surface area (Å²) in [4.78, 5) is 180. The molecule has 4 aromatic carbocycles. The van der Waals surface area contributed by atoms with Crippen LogP contribution < -0.4 is 66.0 Å². The number of nitrogens with one attached hydrogen (secondary N) is 7. The highest BCUT2D eigenvalue weighted by molar-refractivity contribution is 6.08. The number of aliphatic hydroxyl groups excluding tert-OH is 2. The summed E-state index contributed by atoms with van der Waals surface area (Å²) in [5.41, 5.74) is 2.87. The van der Waals surface area contributed by atoms with Gasteiger partial charge in [-0.25, -0.2) is 19.4 Å². The standard InChI is InChI=1S/C87H116N12O24/c1-49(2)74(93-71(101)27-33-118-35-29-88-70(100)26-30-95-73(103)42-61(82(95)110)87(9,10)11)78(106)89-53(7)76(104)91-57-22-18-55(19-23-57)47-122-85(113)98-62-43-68(66(116-13)40-59(62)80(108)96-45-51(5)38-64(96)83(98)111)120-31-16-15-17-32-121-69-44-63-60(41-67(69)117-14)81(109)97-46-52(6)39-65(97)84(112)99(63)86(114)123-48-56-20-24-58(25-21-56)92-77(105)54(8)90-79(107)75(50(3)4)94-72(102)28-34-119-37-36-115-12/h18-25,40-41,43-46,49-50,53-54,61,64-65,74-75,83-84,111-112H,15-17,26-39,42,47-48H2,1-14H3,(H,88,100)(H,89,106)(H,90,107)(H,91,104)(H,92,105)(H,93,101)(H,94,102)/t53-,54-,61?,64-,65-,74-,75-,83-,84-/m0/s1. The fraction of sp³-hybridized carbons (Fsp3) is 0.529. The summed E-state index contributed by atoms with van der Waals surface area (Å²) >= 11 is 0. The van der Waals surface area contributed by atoms with E-state index in [0.717, 1.165) is 25.8 Å². The molecule has 36 nitrogen and oxygen atoms in total. The van der Waals surface area contributed by atoms with Crippen LogP contribution in [0.1, 0.15) is 166 Å². The minimum Gasteiger partial charge on any atom is -0.493 e. The number of methoxy groups -OCH3 is 3. The van der Waals surface area contributed by atoms with Crippen molar-refractivity contribution in [2.45, 2.75) is 196 Å². The van der Waals surface area contributed by atoms with Gasteiger partial charge in [-0.3, -0.25) is 57.6 Å². The molecule has 0 spiro atoms. The van der Waals surface area contributed by atoms with Crippen molar-refractivity contribution in [1.82, 2.24) is 41.3 Å². The van der Waals surface area contributed by atoms with Crippen molar-refractivity contribution in [3.8, 4) is 23.0 Å². The number of imide groups is 1. The van der Waals surface area contributed by atoms with E-state index in [2.05, 4.69) is 37.2 Å². The molecule has 668 valence electrons. The molecule has 1 fully saturated rings. The number of rotatable bonds is 41. The molecule has 9 atom stereocenters. The van der Waals surface area contributed by atoms with Gasteiger partial charge in [-0.05, 0) is 125 Å². The van der Waals surface area contributed by atoms with Crippen LogP contribution in [0.25, 0.3) is 0 Å². The Morgan fingerprint density at radius 3 is 1.33 bits per heavy atom. The van der Waals surface area contributed by atoms with Crippen molar-refractivity contribution in [1.29, 1.82) is 0 Å². The van der Waals surface area contributed by atoms with E-state index in [1.165, 1.54) is 69.2 Å². The molecule has 13 amide bonds. The van der Waals surface area contributed by atoms with Gasteiger partial charge < -0.3 is 99.9 Å². The number of amides is 13. The lowest BCUT2D eigenvalue weighted by atomic mass is 9.80.